The highest BCUT2D eigenvalue weighted by atomic mass is 16.3. The Balaban J connectivity index is 1.23. The number of carbonyl (C=O) groups is 1. The first-order chi connectivity index (χ1) is 26.7. The number of anilines is 1. The van der Waals surface area contributed by atoms with Gasteiger partial charge in [0.1, 0.15) is 0 Å². The molecule has 4 heteroatoms. The van der Waals surface area contributed by atoms with E-state index < -0.39 is 6.23 Å². The van der Waals surface area contributed by atoms with Crippen LogP contribution in [0.25, 0.3) is 72.0 Å². The molecule has 1 aliphatic rings. The van der Waals surface area contributed by atoms with Gasteiger partial charge >= 0.3 is 0 Å². The Kier molecular flexibility index (Phi) is 7.57. The highest BCUT2D eigenvalue weighted by Crippen LogP contribution is 2.48. The molecule has 0 saturated heterocycles. The van der Waals surface area contributed by atoms with Crippen LogP contribution in [0.3, 0.4) is 0 Å². The highest BCUT2D eigenvalue weighted by molar-refractivity contribution is 6.18. The molecular formula is C50H34N2O2. The van der Waals surface area contributed by atoms with Crippen LogP contribution in [-0.2, 0) is 0 Å². The average molecular weight is 695 g/mol. The number of hydrogen-bond donors (Lipinski definition) is 1. The number of aliphatic hydroxyl groups excluding tert-OH is 1. The van der Waals surface area contributed by atoms with E-state index in [-0.39, 0.29) is 5.91 Å². The Morgan fingerprint density at radius 2 is 0.870 bits per heavy atom. The molecule has 0 fully saturated rings. The summed E-state index contributed by atoms with van der Waals surface area (Å²) in [5.74, 6) is -0.248. The summed E-state index contributed by atoms with van der Waals surface area (Å²) in [7, 11) is 0. The number of amides is 1. The van der Waals surface area contributed by atoms with E-state index in [1.165, 1.54) is 0 Å². The molecule has 1 aromatic heterocycles. The summed E-state index contributed by atoms with van der Waals surface area (Å²) >= 11 is 0. The molecule has 1 N–H and O–H groups in total. The van der Waals surface area contributed by atoms with Gasteiger partial charge in [0.2, 0.25) is 0 Å². The van der Waals surface area contributed by atoms with Crippen molar-refractivity contribution < 1.29 is 9.90 Å². The predicted octanol–water partition coefficient (Wildman–Crippen LogP) is 12.1. The molecule has 1 amide bonds. The molecule has 1 atom stereocenters. The average Bonchev–Trinajstić information content (AvgIpc) is 3.70. The number of aromatic nitrogens is 1. The van der Waals surface area contributed by atoms with Gasteiger partial charge in [-0.1, -0.05) is 176 Å². The van der Waals surface area contributed by atoms with Gasteiger partial charge in [-0.15, -0.1) is 0 Å². The number of aliphatic hydroxyl groups is 1. The van der Waals surface area contributed by atoms with Crippen LogP contribution in [0.2, 0.25) is 0 Å². The Bertz CT molecular complexity index is 2690. The third-order valence-corrected chi connectivity index (χ3v) is 10.7. The molecule has 0 radical (unpaired) electrons. The quantitative estimate of drug-likeness (QED) is 0.188. The van der Waals surface area contributed by atoms with Gasteiger partial charge in [0.15, 0.2) is 6.23 Å². The summed E-state index contributed by atoms with van der Waals surface area (Å²) < 4.78 is 2.22. The monoisotopic (exact) mass is 694 g/mol. The maximum Gasteiger partial charge on any atom is 0.263 e. The molecule has 256 valence electrons. The first-order valence-corrected chi connectivity index (χ1v) is 18.2. The zero-order valence-electron chi connectivity index (χ0n) is 29.3. The van der Waals surface area contributed by atoms with Crippen molar-refractivity contribution in [3.05, 3.63) is 205 Å². The van der Waals surface area contributed by atoms with Crippen LogP contribution in [-0.4, -0.2) is 15.6 Å². The van der Waals surface area contributed by atoms with Crippen LogP contribution in [0.15, 0.2) is 194 Å². The molecule has 0 bridgehead atoms. The van der Waals surface area contributed by atoms with Crippen molar-refractivity contribution >= 4 is 33.4 Å². The Morgan fingerprint density at radius 1 is 0.426 bits per heavy atom. The topological polar surface area (TPSA) is 45.5 Å². The maximum absolute atomic E-state index is 15.3. The van der Waals surface area contributed by atoms with Gasteiger partial charge in [-0.3, -0.25) is 9.69 Å². The standard InChI is InChI=1S/C50H34N2O2/c53-49-43-25-14-26-44(47(43)50(54)52(49)48-39(35-19-9-3-10-20-35)23-13-24-40(48)36-21-11-4-12-22-36)51-45-31-37(33-15-5-1-6-16-33)27-29-41(45)42-30-28-38(32-46(42)51)34-17-7-2-8-18-34/h1-32,49,53H. The fourth-order valence-corrected chi connectivity index (χ4v) is 8.19. The Labute approximate surface area is 313 Å². The summed E-state index contributed by atoms with van der Waals surface area (Å²) in [5, 5.41) is 14.5. The van der Waals surface area contributed by atoms with Gasteiger partial charge in [0, 0.05) is 27.5 Å². The van der Waals surface area contributed by atoms with E-state index in [2.05, 4.69) is 89.5 Å². The van der Waals surface area contributed by atoms with Crippen molar-refractivity contribution in [2.24, 2.45) is 0 Å². The van der Waals surface area contributed by atoms with E-state index in [1.54, 1.807) is 4.90 Å². The Hall–Kier alpha value is -7.01. The van der Waals surface area contributed by atoms with E-state index in [0.717, 1.165) is 72.0 Å². The normalized spacial score (nSPS) is 13.8. The van der Waals surface area contributed by atoms with Crippen LogP contribution in [0.5, 0.6) is 0 Å². The summed E-state index contributed by atoms with van der Waals surface area (Å²) in [5.41, 5.74) is 12.5. The van der Waals surface area contributed by atoms with Gasteiger partial charge in [-0.2, -0.15) is 0 Å². The molecule has 0 aliphatic carbocycles. The molecule has 0 spiro atoms. The summed E-state index contributed by atoms with van der Waals surface area (Å²) in [6, 6.07) is 66.0. The number of benzene rings is 8. The SMILES string of the molecule is O=C1c2c(cccc2-n2c3cc(-c4ccccc4)ccc3c3ccc(-c4ccccc4)cc32)C(O)N1c1c(-c2ccccc2)cccc1-c1ccccc1. The molecule has 10 rings (SSSR count). The predicted molar refractivity (Wildman–Crippen MR) is 221 cm³/mol. The number of carbonyl (C=O) groups excluding carboxylic acids is 1. The lowest BCUT2D eigenvalue weighted by atomic mass is 9.95. The molecular weight excluding hydrogens is 661 g/mol. The lowest BCUT2D eigenvalue weighted by Gasteiger charge is -2.27. The zero-order chi connectivity index (χ0) is 36.2. The highest BCUT2D eigenvalue weighted by Gasteiger charge is 2.41. The molecule has 0 saturated carbocycles. The minimum absolute atomic E-state index is 0.248. The van der Waals surface area contributed by atoms with Crippen LogP contribution in [0.4, 0.5) is 5.69 Å². The smallest absolute Gasteiger partial charge is 0.263 e. The van der Waals surface area contributed by atoms with Crippen molar-refractivity contribution in [2.45, 2.75) is 6.23 Å². The molecule has 54 heavy (non-hydrogen) atoms. The van der Waals surface area contributed by atoms with Crippen molar-refractivity contribution in [1.29, 1.82) is 0 Å². The van der Waals surface area contributed by atoms with Crippen molar-refractivity contribution in [3.8, 4) is 50.2 Å². The van der Waals surface area contributed by atoms with E-state index in [0.29, 0.717) is 16.8 Å². The fraction of sp³-hybridized carbons (Fsp3) is 0.0200. The van der Waals surface area contributed by atoms with Crippen LogP contribution < -0.4 is 4.90 Å². The largest absolute Gasteiger partial charge is 0.369 e. The molecule has 8 aromatic carbocycles. The van der Waals surface area contributed by atoms with Crippen molar-refractivity contribution in [2.75, 3.05) is 4.90 Å². The Morgan fingerprint density at radius 3 is 1.35 bits per heavy atom. The minimum Gasteiger partial charge on any atom is -0.369 e. The second kappa shape index (κ2) is 12.9. The number of nitrogens with zero attached hydrogens (tertiary/aromatic N) is 2. The second-order valence-corrected chi connectivity index (χ2v) is 13.8. The fourth-order valence-electron chi connectivity index (χ4n) is 8.19. The second-order valence-electron chi connectivity index (χ2n) is 13.8. The van der Waals surface area contributed by atoms with E-state index >= 15 is 4.79 Å². The first kappa shape index (κ1) is 31.7. The molecule has 1 aliphatic heterocycles. The zero-order valence-corrected chi connectivity index (χ0v) is 29.3. The lowest BCUT2D eigenvalue weighted by molar-refractivity contribution is 0.0935. The summed E-state index contributed by atoms with van der Waals surface area (Å²) in [4.78, 5) is 16.9. The third-order valence-electron chi connectivity index (χ3n) is 10.7. The minimum atomic E-state index is -1.20. The molecule has 4 nitrogen and oxygen atoms in total. The van der Waals surface area contributed by atoms with Crippen molar-refractivity contribution in [1.82, 2.24) is 4.57 Å². The van der Waals surface area contributed by atoms with E-state index in [4.69, 9.17) is 0 Å². The first-order valence-electron chi connectivity index (χ1n) is 18.2. The summed E-state index contributed by atoms with van der Waals surface area (Å²) in [6.45, 7) is 0. The van der Waals surface area contributed by atoms with E-state index in [1.807, 2.05) is 109 Å². The lowest BCUT2D eigenvalue weighted by Crippen LogP contribution is -2.29. The van der Waals surface area contributed by atoms with Crippen LogP contribution in [0, 0.1) is 0 Å². The van der Waals surface area contributed by atoms with Gasteiger partial charge in [0.05, 0.1) is 28.0 Å². The van der Waals surface area contributed by atoms with Gasteiger partial charge in [0.25, 0.3) is 5.91 Å². The van der Waals surface area contributed by atoms with E-state index in [9.17, 15) is 5.11 Å². The maximum atomic E-state index is 15.3. The van der Waals surface area contributed by atoms with Crippen LogP contribution in [0.1, 0.15) is 22.1 Å². The number of fused-ring (bicyclic) bond motifs is 4. The third kappa shape index (κ3) is 5.07. The van der Waals surface area contributed by atoms with Crippen molar-refractivity contribution in [3.63, 3.8) is 0 Å². The number of para-hydroxylation sites is 1. The molecule has 1 unspecified atom stereocenters. The molecule has 2 heterocycles. The molecule has 9 aromatic rings. The van der Waals surface area contributed by atoms with Gasteiger partial charge in [-0.05, 0) is 51.6 Å². The number of hydrogen-bond acceptors (Lipinski definition) is 2. The number of rotatable bonds is 6. The van der Waals surface area contributed by atoms with Gasteiger partial charge < -0.3 is 9.67 Å². The van der Waals surface area contributed by atoms with Gasteiger partial charge in [-0.25, -0.2) is 0 Å². The van der Waals surface area contributed by atoms with Crippen LogP contribution >= 0.6 is 0 Å². The summed E-state index contributed by atoms with van der Waals surface area (Å²) in [6.07, 6.45) is -1.20.